The van der Waals surface area contributed by atoms with Crippen molar-refractivity contribution in [1.29, 1.82) is 0 Å². The number of aliphatic hydroxyl groups is 1. The van der Waals surface area contributed by atoms with E-state index in [1.807, 2.05) is 24.3 Å². The quantitative estimate of drug-likeness (QED) is 0.602. The molecule has 1 aromatic carbocycles. The van der Waals surface area contributed by atoms with Crippen molar-refractivity contribution in [3.63, 3.8) is 0 Å². The lowest BCUT2D eigenvalue weighted by Crippen LogP contribution is -2.21. The fraction of sp³-hybridized carbons (Fsp3) is 0.462. The monoisotopic (exact) mass is 250 g/mol. The summed E-state index contributed by atoms with van der Waals surface area (Å²) in [5, 5.41) is 24.8. The third-order valence-corrected chi connectivity index (χ3v) is 3.02. The summed E-state index contributed by atoms with van der Waals surface area (Å²) < 4.78 is 0. The van der Waals surface area contributed by atoms with Crippen LogP contribution in [0, 0.1) is 0 Å². The SMILES string of the molecule is O=C(O)CC(O)Cc1ccc(C2NCCN2)cc1. The summed E-state index contributed by atoms with van der Waals surface area (Å²) in [5.41, 5.74) is 2.11. The van der Waals surface area contributed by atoms with E-state index in [0.29, 0.717) is 6.42 Å². The molecule has 98 valence electrons. The minimum Gasteiger partial charge on any atom is -0.481 e. The molecule has 0 spiro atoms. The van der Waals surface area contributed by atoms with Crippen LogP contribution in [-0.2, 0) is 11.2 Å². The maximum atomic E-state index is 10.5. The second-order valence-corrected chi connectivity index (χ2v) is 4.54. The molecule has 4 N–H and O–H groups in total. The molecule has 1 unspecified atom stereocenters. The van der Waals surface area contributed by atoms with E-state index in [2.05, 4.69) is 10.6 Å². The van der Waals surface area contributed by atoms with Crippen molar-refractivity contribution in [3.05, 3.63) is 35.4 Å². The maximum Gasteiger partial charge on any atom is 0.305 e. The molecule has 0 aliphatic carbocycles. The largest absolute Gasteiger partial charge is 0.481 e. The molecule has 1 fully saturated rings. The molecule has 1 aliphatic heterocycles. The second kappa shape index (κ2) is 5.95. The molecule has 5 nitrogen and oxygen atoms in total. The molecule has 0 radical (unpaired) electrons. The van der Waals surface area contributed by atoms with Crippen molar-refractivity contribution < 1.29 is 15.0 Å². The summed E-state index contributed by atoms with van der Waals surface area (Å²) in [5.74, 6) is -0.974. The number of carboxylic acids is 1. The van der Waals surface area contributed by atoms with Gasteiger partial charge in [0.25, 0.3) is 0 Å². The van der Waals surface area contributed by atoms with Crippen LogP contribution in [0.1, 0.15) is 23.7 Å². The molecule has 18 heavy (non-hydrogen) atoms. The van der Waals surface area contributed by atoms with Gasteiger partial charge >= 0.3 is 5.97 Å². The third kappa shape index (κ3) is 3.53. The van der Waals surface area contributed by atoms with E-state index < -0.39 is 12.1 Å². The average Bonchev–Trinajstić information content (AvgIpc) is 2.82. The minimum atomic E-state index is -0.974. The van der Waals surface area contributed by atoms with Crippen LogP contribution >= 0.6 is 0 Å². The highest BCUT2D eigenvalue weighted by Gasteiger charge is 2.15. The van der Waals surface area contributed by atoms with Gasteiger partial charge < -0.3 is 10.2 Å². The topological polar surface area (TPSA) is 81.6 Å². The summed E-state index contributed by atoms with van der Waals surface area (Å²) >= 11 is 0. The number of hydrogen-bond donors (Lipinski definition) is 4. The normalized spacial score (nSPS) is 17.8. The maximum absolute atomic E-state index is 10.5. The van der Waals surface area contributed by atoms with Gasteiger partial charge in [-0.05, 0) is 17.5 Å². The average molecular weight is 250 g/mol. The Hall–Kier alpha value is -1.43. The van der Waals surface area contributed by atoms with Crippen molar-refractivity contribution in [1.82, 2.24) is 10.6 Å². The standard InChI is InChI=1S/C13H18N2O3/c16-11(8-12(17)18)7-9-1-3-10(4-2-9)13-14-5-6-15-13/h1-4,11,13-16H,5-8H2,(H,17,18). The first-order valence-corrected chi connectivity index (χ1v) is 6.10. The van der Waals surface area contributed by atoms with E-state index in [0.717, 1.165) is 24.2 Å². The highest BCUT2D eigenvalue weighted by molar-refractivity contribution is 5.67. The lowest BCUT2D eigenvalue weighted by atomic mass is 10.0. The van der Waals surface area contributed by atoms with Crippen LogP contribution in [0.4, 0.5) is 0 Å². The third-order valence-electron chi connectivity index (χ3n) is 3.02. The first-order valence-electron chi connectivity index (χ1n) is 6.10. The molecule has 0 bridgehead atoms. The zero-order chi connectivity index (χ0) is 13.0. The van der Waals surface area contributed by atoms with Crippen LogP contribution < -0.4 is 10.6 Å². The molecule has 0 aromatic heterocycles. The Balaban J connectivity index is 1.92. The van der Waals surface area contributed by atoms with Crippen LogP contribution in [0.5, 0.6) is 0 Å². The van der Waals surface area contributed by atoms with Gasteiger partial charge in [0.2, 0.25) is 0 Å². The molecular weight excluding hydrogens is 232 g/mol. The molecule has 2 rings (SSSR count). The van der Waals surface area contributed by atoms with Gasteiger partial charge in [-0.1, -0.05) is 24.3 Å². The molecule has 1 saturated heterocycles. The summed E-state index contributed by atoms with van der Waals surface area (Å²) in [6.07, 6.45) is -0.468. The van der Waals surface area contributed by atoms with E-state index in [1.54, 1.807) is 0 Å². The highest BCUT2D eigenvalue weighted by Crippen LogP contribution is 2.15. The second-order valence-electron chi connectivity index (χ2n) is 4.54. The van der Waals surface area contributed by atoms with Gasteiger partial charge in [-0.25, -0.2) is 0 Å². The van der Waals surface area contributed by atoms with E-state index in [1.165, 1.54) is 0 Å². The van der Waals surface area contributed by atoms with Gasteiger partial charge in [0.1, 0.15) is 0 Å². The summed E-state index contributed by atoms with van der Waals surface area (Å²) in [6.45, 7) is 1.92. The fourth-order valence-corrected chi connectivity index (χ4v) is 2.13. The predicted molar refractivity (Wildman–Crippen MR) is 67.2 cm³/mol. The molecular formula is C13H18N2O3. The number of aliphatic carboxylic acids is 1. The number of nitrogens with one attached hydrogen (secondary N) is 2. The minimum absolute atomic E-state index is 0.197. The lowest BCUT2D eigenvalue weighted by molar-refractivity contribution is -0.139. The lowest BCUT2D eigenvalue weighted by Gasteiger charge is -2.13. The smallest absolute Gasteiger partial charge is 0.305 e. The van der Waals surface area contributed by atoms with Gasteiger partial charge in [-0.2, -0.15) is 0 Å². The van der Waals surface area contributed by atoms with Crippen molar-refractivity contribution in [2.45, 2.75) is 25.1 Å². The molecule has 5 heteroatoms. The Morgan fingerprint density at radius 1 is 1.28 bits per heavy atom. The number of hydrogen-bond acceptors (Lipinski definition) is 4. The zero-order valence-electron chi connectivity index (χ0n) is 10.1. The van der Waals surface area contributed by atoms with Crippen molar-refractivity contribution in [2.24, 2.45) is 0 Å². The van der Waals surface area contributed by atoms with Crippen LogP contribution in [0.15, 0.2) is 24.3 Å². The molecule has 1 aromatic rings. The van der Waals surface area contributed by atoms with Gasteiger partial charge in [-0.3, -0.25) is 15.4 Å². The number of carboxylic acid groups (broad SMARTS) is 1. The summed E-state index contributed by atoms with van der Waals surface area (Å²) in [6, 6.07) is 7.86. The van der Waals surface area contributed by atoms with Crippen LogP contribution in [-0.4, -0.2) is 35.4 Å². The fourth-order valence-electron chi connectivity index (χ4n) is 2.13. The highest BCUT2D eigenvalue weighted by atomic mass is 16.4. The van der Waals surface area contributed by atoms with Gasteiger partial charge in [-0.15, -0.1) is 0 Å². The number of carbonyl (C=O) groups is 1. The van der Waals surface area contributed by atoms with Crippen LogP contribution in [0.3, 0.4) is 0 Å². The van der Waals surface area contributed by atoms with E-state index in [-0.39, 0.29) is 12.6 Å². The van der Waals surface area contributed by atoms with Gasteiger partial charge in [0.05, 0.1) is 18.7 Å². The van der Waals surface area contributed by atoms with Crippen LogP contribution in [0.2, 0.25) is 0 Å². The Morgan fingerprint density at radius 2 is 1.89 bits per heavy atom. The molecule has 1 heterocycles. The van der Waals surface area contributed by atoms with Crippen molar-refractivity contribution >= 4 is 5.97 Å². The molecule has 1 aliphatic rings. The molecule has 1 atom stereocenters. The Kier molecular flexibility index (Phi) is 4.30. The zero-order valence-corrected chi connectivity index (χ0v) is 10.1. The van der Waals surface area contributed by atoms with Gasteiger partial charge in [0.15, 0.2) is 0 Å². The van der Waals surface area contributed by atoms with E-state index >= 15 is 0 Å². The predicted octanol–water partition coefficient (Wildman–Crippen LogP) is 0.256. The van der Waals surface area contributed by atoms with E-state index in [9.17, 15) is 9.90 Å². The number of benzene rings is 1. The number of rotatable bonds is 5. The van der Waals surface area contributed by atoms with E-state index in [4.69, 9.17) is 5.11 Å². The molecule has 0 saturated carbocycles. The summed E-state index contributed by atoms with van der Waals surface area (Å²) in [4.78, 5) is 10.5. The van der Waals surface area contributed by atoms with Crippen molar-refractivity contribution in [2.75, 3.05) is 13.1 Å². The Bertz CT molecular complexity index is 399. The first-order chi connectivity index (χ1) is 8.65. The van der Waals surface area contributed by atoms with Crippen molar-refractivity contribution in [3.8, 4) is 0 Å². The number of aliphatic hydroxyl groups excluding tert-OH is 1. The Labute approximate surface area is 106 Å². The molecule has 0 amide bonds. The summed E-state index contributed by atoms with van der Waals surface area (Å²) in [7, 11) is 0. The Morgan fingerprint density at radius 3 is 2.44 bits per heavy atom. The van der Waals surface area contributed by atoms with Crippen LogP contribution in [0.25, 0.3) is 0 Å². The van der Waals surface area contributed by atoms with Gasteiger partial charge in [0, 0.05) is 13.1 Å². The first kappa shape index (κ1) is 13.0.